The summed E-state index contributed by atoms with van der Waals surface area (Å²) in [6, 6.07) is 4.45. The van der Waals surface area contributed by atoms with Crippen molar-refractivity contribution < 1.29 is 4.79 Å². The van der Waals surface area contributed by atoms with Crippen molar-refractivity contribution in [3.8, 4) is 0 Å². The number of carbonyl (C=O) groups is 1. The molecule has 0 N–H and O–H groups in total. The molecule has 2 aliphatic heterocycles. The summed E-state index contributed by atoms with van der Waals surface area (Å²) in [5.74, 6) is 1.61. The molecular formula is C14H17N3O. The van der Waals surface area contributed by atoms with E-state index in [9.17, 15) is 4.79 Å². The lowest BCUT2D eigenvalue weighted by molar-refractivity contribution is -0.119. The molecule has 3 heterocycles. The van der Waals surface area contributed by atoms with E-state index < -0.39 is 0 Å². The molecule has 1 aliphatic carbocycles. The molecule has 0 bridgehead atoms. The van der Waals surface area contributed by atoms with Gasteiger partial charge in [-0.3, -0.25) is 4.79 Å². The maximum Gasteiger partial charge on any atom is 0.230 e. The highest BCUT2D eigenvalue weighted by Crippen LogP contribution is 2.40. The molecule has 1 saturated carbocycles. The van der Waals surface area contributed by atoms with Gasteiger partial charge < -0.3 is 9.80 Å². The molecule has 4 nitrogen and oxygen atoms in total. The monoisotopic (exact) mass is 243 g/mol. The lowest BCUT2D eigenvalue weighted by Crippen LogP contribution is -2.49. The van der Waals surface area contributed by atoms with Crippen LogP contribution in [-0.2, 0) is 4.79 Å². The summed E-state index contributed by atoms with van der Waals surface area (Å²) >= 11 is 0. The number of nitrogens with zero attached hydrogens (tertiary/aromatic N) is 3. The molecule has 0 radical (unpaired) electrons. The first kappa shape index (κ1) is 10.4. The van der Waals surface area contributed by atoms with E-state index in [2.05, 4.69) is 9.88 Å². The first-order valence-electron chi connectivity index (χ1n) is 6.87. The molecule has 4 rings (SSSR count). The van der Waals surface area contributed by atoms with Gasteiger partial charge >= 0.3 is 0 Å². The molecule has 1 saturated heterocycles. The first-order chi connectivity index (χ1) is 8.84. The molecule has 1 unspecified atom stereocenters. The van der Waals surface area contributed by atoms with Crippen LogP contribution in [0.15, 0.2) is 18.3 Å². The van der Waals surface area contributed by atoms with Crippen LogP contribution in [0.25, 0.3) is 0 Å². The number of fused-ring (bicyclic) bond motifs is 3. The highest BCUT2D eigenvalue weighted by atomic mass is 16.2. The Morgan fingerprint density at radius 3 is 3.06 bits per heavy atom. The minimum atomic E-state index is 0.283. The van der Waals surface area contributed by atoms with Crippen molar-refractivity contribution in [2.75, 3.05) is 22.9 Å². The molecular weight excluding hydrogens is 226 g/mol. The largest absolute Gasteiger partial charge is 0.350 e. The molecule has 4 heteroatoms. The Morgan fingerprint density at radius 1 is 1.33 bits per heavy atom. The van der Waals surface area contributed by atoms with Crippen molar-refractivity contribution in [1.82, 2.24) is 4.98 Å². The fourth-order valence-electron chi connectivity index (χ4n) is 3.19. The second kappa shape index (κ2) is 3.70. The molecule has 0 spiro atoms. The topological polar surface area (TPSA) is 36.4 Å². The molecule has 3 aliphatic rings. The van der Waals surface area contributed by atoms with Gasteiger partial charge in [0.15, 0.2) is 5.82 Å². The van der Waals surface area contributed by atoms with Crippen LogP contribution in [0.5, 0.6) is 0 Å². The van der Waals surface area contributed by atoms with Crippen LogP contribution < -0.4 is 9.80 Å². The quantitative estimate of drug-likeness (QED) is 0.754. The first-order valence-corrected chi connectivity index (χ1v) is 6.87. The average molecular weight is 243 g/mol. The van der Waals surface area contributed by atoms with Gasteiger partial charge in [0.1, 0.15) is 0 Å². The predicted octanol–water partition coefficient (Wildman–Crippen LogP) is 1.81. The van der Waals surface area contributed by atoms with Crippen molar-refractivity contribution in [3.63, 3.8) is 0 Å². The molecule has 1 aromatic heterocycles. The van der Waals surface area contributed by atoms with Gasteiger partial charge in [0.25, 0.3) is 0 Å². The Balaban J connectivity index is 1.76. The number of hydrogen-bond donors (Lipinski definition) is 0. The Hall–Kier alpha value is -1.58. The van der Waals surface area contributed by atoms with E-state index in [1.54, 1.807) is 0 Å². The van der Waals surface area contributed by atoms with Gasteiger partial charge in [0.05, 0.1) is 5.69 Å². The smallest absolute Gasteiger partial charge is 0.230 e. The molecule has 0 aromatic carbocycles. The summed E-state index contributed by atoms with van der Waals surface area (Å²) in [7, 11) is 0. The predicted molar refractivity (Wildman–Crippen MR) is 69.7 cm³/mol. The van der Waals surface area contributed by atoms with Crippen molar-refractivity contribution >= 4 is 17.4 Å². The summed E-state index contributed by atoms with van der Waals surface area (Å²) in [6.45, 7) is 1.94. The van der Waals surface area contributed by atoms with E-state index in [0.29, 0.717) is 11.9 Å². The van der Waals surface area contributed by atoms with E-state index in [1.807, 2.05) is 23.2 Å². The standard InChI is InChI=1S/C14H17N3O/c18-14(10-5-6-10)17-9-11-3-2-8-16(11)13-12(17)4-1-7-15-13/h1,4,7,10-11H,2-3,5-6,8-9H2. The highest BCUT2D eigenvalue weighted by molar-refractivity contribution is 5.99. The van der Waals surface area contributed by atoms with Crippen LogP contribution in [0.3, 0.4) is 0 Å². The van der Waals surface area contributed by atoms with E-state index in [0.717, 1.165) is 37.4 Å². The zero-order chi connectivity index (χ0) is 12.1. The lowest BCUT2D eigenvalue weighted by atomic mass is 10.1. The maximum atomic E-state index is 12.4. The Labute approximate surface area is 107 Å². The number of hydrogen-bond acceptors (Lipinski definition) is 3. The molecule has 1 amide bonds. The zero-order valence-electron chi connectivity index (χ0n) is 10.4. The molecule has 2 fully saturated rings. The second-order valence-corrected chi connectivity index (χ2v) is 5.56. The fraction of sp³-hybridized carbons (Fsp3) is 0.571. The number of anilines is 2. The van der Waals surface area contributed by atoms with Crippen LogP contribution >= 0.6 is 0 Å². The minimum Gasteiger partial charge on any atom is -0.350 e. The Bertz CT molecular complexity index is 498. The van der Waals surface area contributed by atoms with Crippen LogP contribution in [0.2, 0.25) is 0 Å². The SMILES string of the molecule is O=C(C1CC1)N1CC2CCCN2c2ncccc21. The summed E-state index contributed by atoms with van der Waals surface area (Å²) in [4.78, 5) is 21.3. The van der Waals surface area contributed by atoms with Crippen molar-refractivity contribution in [1.29, 1.82) is 0 Å². The van der Waals surface area contributed by atoms with Gasteiger partial charge in [-0.15, -0.1) is 0 Å². The molecule has 18 heavy (non-hydrogen) atoms. The number of rotatable bonds is 1. The van der Waals surface area contributed by atoms with Gasteiger partial charge in [0.2, 0.25) is 5.91 Å². The van der Waals surface area contributed by atoms with Gasteiger partial charge in [-0.1, -0.05) is 0 Å². The summed E-state index contributed by atoms with van der Waals surface area (Å²) in [6.07, 6.45) is 6.37. The van der Waals surface area contributed by atoms with Crippen molar-refractivity contribution in [2.24, 2.45) is 5.92 Å². The van der Waals surface area contributed by atoms with E-state index in [-0.39, 0.29) is 5.92 Å². The third kappa shape index (κ3) is 1.44. The fourth-order valence-corrected chi connectivity index (χ4v) is 3.19. The van der Waals surface area contributed by atoms with Crippen LogP contribution in [-0.4, -0.2) is 30.0 Å². The van der Waals surface area contributed by atoms with Crippen molar-refractivity contribution in [2.45, 2.75) is 31.7 Å². The third-order valence-electron chi connectivity index (χ3n) is 4.29. The van der Waals surface area contributed by atoms with Gasteiger partial charge in [0, 0.05) is 31.2 Å². The zero-order valence-corrected chi connectivity index (χ0v) is 10.4. The number of carbonyl (C=O) groups excluding carboxylic acids is 1. The highest BCUT2D eigenvalue weighted by Gasteiger charge is 2.41. The lowest BCUT2D eigenvalue weighted by Gasteiger charge is -2.39. The molecule has 94 valence electrons. The average Bonchev–Trinajstić information content (AvgIpc) is 3.15. The molecule has 1 aromatic rings. The third-order valence-corrected chi connectivity index (χ3v) is 4.29. The number of amides is 1. The van der Waals surface area contributed by atoms with Gasteiger partial charge in [-0.05, 0) is 37.8 Å². The van der Waals surface area contributed by atoms with E-state index >= 15 is 0 Å². The maximum absolute atomic E-state index is 12.4. The van der Waals surface area contributed by atoms with Crippen molar-refractivity contribution in [3.05, 3.63) is 18.3 Å². The normalized spacial score (nSPS) is 25.9. The molecule has 1 atom stereocenters. The van der Waals surface area contributed by atoms with Gasteiger partial charge in [-0.2, -0.15) is 0 Å². The Kier molecular flexibility index (Phi) is 2.13. The van der Waals surface area contributed by atoms with Crippen LogP contribution in [0, 0.1) is 5.92 Å². The summed E-state index contributed by atoms with van der Waals surface area (Å²) < 4.78 is 0. The van der Waals surface area contributed by atoms with Crippen LogP contribution in [0.4, 0.5) is 11.5 Å². The minimum absolute atomic E-state index is 0.283. The second-order valence-electron chi connectivity index (χ2n) is 5.56. The summed E-state index contributed by atoms with van der Waals surface area (Å²) in [5, 5.41) is 0. The van der Waals surface area contributed by atoms with Crippen LogP contribution in [0.1, 0.15) is 25.7 Å². The summed E-state index contributed by atoms with van der Waals surface area (Å²) in [5.41, 5.74) is 1.02. The van der Waals surface area contributed by atoms with E-state index in [1.165, 1.54) is 12.8 Å². The number of aromatic nitrogens is 1. The Morgan fingerprint density at radius 2 is 2.22 bits per heavy atom. The van der Waals surface area contributed by atoms with Gasteiger partial charge in [-0.25, -0.2) is 4.98 Å². The van der Waals surface area contributed by atoms with E-state index in [4.69, 9.17) is 0 Å². The number of pyridine rings is 1.